The third-order valence-corrected chi connectivity index (χ3v) is 2.68. The minimum Gasteiger partial charge on any atom is -0.400 e. The van der Waals surface area contributed by atoms with Crippen molar-refractivity contribution in [3.8, 4) is 0 Å². The second-order valence-electron chi connectivity index (χ2n) is 4.25. The second-order valence-corrected chi connectivity index (χ2v) is 4.25. The van der Waals surface area contributed by atoms with Gasteiger partial charge < -0.3 is 5.11 Å². The van der Waals surface area contributed by atoms with E-state index in [1.165, 1.54) is 0 Å². The van der Waals surface area contributed by atoms with Gasteiger partial charge in [-0.25, -0.2) is 0 Å². The Balaban J connectivity index is 0. The van der Waals surface area contributed by atoms with E-state index in [9.17, 15) is 0 Å². The minimum absolute atomic E-state index is 0.880. The molecule has 4 heteroatoms. The monoisotopic (exact) mass is 307 g/mol. The molecule has 4 nitrogen and oxygen atoms in total. The van der Waals surface area contributed by atoms with Crippen LogP contribution in [0.5, 0.6) is 0 Å². The van der Waals surface area contributed by atoms with E-state index in [4.69, 9.17) is 5.11 Å². The Kier molecular flexibility index (Phi) is 18.1. The maximum absolute atomic E-state index is 7.00. The summed E-state index contributed by atoms with van der Waals surface area (Å²) in [6, 6.07) is 6.06. The molecule has 0 aliphatic rings. The lowest BCUT2D eigenvalue weighted by molar-refractivity contribution is 0.300. The molecule has 0 spiro atoms. The van der Waals surface area contributed by atoms with Gasteiger partial charge in [0, 0.05) is 39.2 Å². The SMILES string of the molecule is C/C=C\C(CN(CCC)Cc1ccccn1)=NC.CC.CO. The number of allylic oxidation sites excluding steroid dienone is 1. The third-order valence-electron chi connectivity index (χ3n) is 2.68. The summed E-state index contributed by atoms with van der Waals surface area (Å²) in [7, 11) is 2.85. The van der Waals surface area contributed by atoms with E-state index >= 15 is 0 Å². The second kappa shape index (κ2) is 17.5. The van der Waals surface area contributed by atoms with Gasteiger partial charge in [-0.05, 0) is 38.1 Å². The summed E-state index contributed by atoms with van der Waals surface area (Å²) in [5.74, 6) is 0. The molecule has 0 radical (unpaired) electrons. The number of rotatable bonds is 7. The largest absolute Gasteiger partial charge is 0.400 e. The fourth-order valence-corrected chi connectivity index (χ4v) is 1.87. The highest BCUT2D eigenvalue weighted by Gasteiger charge is 2.07. The number of aliphatic hydroxyl groups is 1. The summed E-state index contributed by atoms with van der Waals surface area (Å²) < 4.78 is 0. The van der Waals surface area contributed by atoms with Gasteiger partial charge in [0.05, 0.1) is 5.69 Å². The van der Waals surface area contributed by atoms with Crippen molar-refractivity contribution in [3.05, 3.63) is 42.2 Å². The lowest BCUT2D eigenvalue weighted by Gasteiger charge is -2.21. The molecule has 126 valence electrons. The molecule has 0 atom stereocenters. The van der Waals surface area contributed by atoms with Crippen LogP contribution in [0, 0.1) is 0 Å². The molecular formula is C18H33N3O. The zero-order valence-electron chi connectivity index (χ0n) is 15.1. The molecule has 0 aliphatic carbocycles. The maximum atomic E-state index is 7.00. The zero-order valence-corrected chi connectivity index (χ0v) is 15.1. The number of hydrogen-bond donors (Lipinski definition) is 1. The van der Waals surface area contributed by atoms with Gasteiger partial charge in [-0.1, -0.05) is 32.9 Å². The molecule has 1 aromatic heterocycles. The van der Waals surface area contributed by atoms with Crippen LogP contribution in [0.25, 0.3) is 0 Å². The summed E-state index contributed by atoms with van der Waals surface area (Å²) in [6.45, 7) is 11.0. The Hall–Kier alpha value is -1.52. The van der Waals surface area contributed by atoms with Gasteiger partial charge >= 0.3 is 0 Å². The quantitative estimate of drug-likeness (QED) is 0.783. The Labute approximate surface area is 136 Å². The molecule has 0 fully saturated rings. The van der Waals surface area contributed by atoms with Crippen LogP contribution in [0.2, 0.25) is 0 Å². The van der Waals surface area contributed by atoms with Gasteiger partial charge in [0.1, 0.15) is 0 Å². The highest BCUT2D eigenvalue weighted by atomic mass is 16.2. The van der Waals surface area contributed by atoms with Crippen molar-refractivity contribution in [2.45, 2.75) is 40.7 Å². The molecule has 22 heavy (non-hydrogen) atoms. The summed E-state index contributed by atoms with van der Waals surface area (Å²) in [6.07, 6.45) is 7.09. The first-order valence-corrected chi connectivity index (χ1v) is 7.95. The van der Waals surface area contributed by atoms with E-state index in [-0.39, 0.29) is 0 Å². The van der Waals surface area contributed by atoms with Gasteiger partial charge in [-0.15, -0.1) is 0 Å². The van der Waals surface area contributed by atoms with Gasteiger partial charge in [0.15, 0.2) is 0 Å². The summed E-state index contributed by atoms with van der Waals surface area (Å²) in [5.41, 5.74) is 2.23. The number of pyridine rings is 1. The topological polar surface area (TPSA) is 48.7 Å². The molecule has 1 rings (SSSR count). The molecule has 0 aliphatic heterocycles. The van der Waals surface area contributed by atoms with E-state index in [0.29, 0.717) is 0 Å². The average molecular weight is 307 g/mol. The van der Waals surface area contributed by atoms with E-state index in [2.05, 4.69) is 33.9 Å². The van der Waals surface area contributed by atoms with Crippen LogP contribution < -0.4 is 0 Å². The molecule has 1 N–H and O–H groups in total. The van der Waals surface area contributed by atoms with Crippen LogP contribution in [-0.2, 0) is 6.54 Å². The normalized spacial score (nSPS) is 10.8. The maximum Gasteiger partial charge on any atom is 0.0544 e. The zero-order chi connectivity index (χ0) is 17.2. The van der Waals surface area contributed by atoms with E-state index in [1.807, 2.05) is 52.2 Å². The molecule has 0 amide bonds. The first-order valence-electron chi connectivity index (χ1n) is 7.95. The molecule has 0 aromatic carbocycles. The molecule has 0 saturated heterocycles. The lowest BCUT2D eigenvalue weighted by atomic mass is 10.2. The van der Waals surface area contributed by atoms with Crippen LogP contribution >= 0.6 is 0 Å². The summed E-state index contributed by atoms with van der Waals surface area (Å²) >= 11 is 0. The summed E-state index contributed by atoms with van der Waals surface area (Å²) in [4.78, 5) is 11.1. The van der Waals surface area contributed by atoms with Crippen molar-refractivity contribution in [2.75, 3.05) is 27.2 Å². The minimum atomic E-state index is 0.880. The van der Waals surface area contributed by atoms with Gasteiger partial charge in [0.25, 0.3) is 0 Å². The highest BCUT2D eigenvalue weighted by molar-refractivity contribution is 5.96. The molecule has 1 aromatic rings. The van der Waals surface area contributed by atoms with Gasteiger partial charge in [0.2, 0.25) is 0 Å². The Bertz CT molecular complexity index is 389. The van der Waals surface area contributed by atoms with Crippen molar-refractivity contribution < 1.29 is 5.11 Å². The van der Waals surface area contributed by atoms with Crippen LogP contribution in [0.15, 0.2) is 41.5 Å². The van der Waals surface area contributed by atoms with Gasteiger partial charge in [-0.2, -0.15) is 0 Å². The Morgan fingerprint density at radius 1 is 1.32 bits per heavy atom. The van der Waals surface area contributed by atoms with Crippen LogP contribution in [-0.4, -0.2) is 47.9 Å². The smallest absolute Gasteiger partial charge is 0.0544 e. The van der Waals surface area contributed by atoms with Crippen molar-refractivity contribution in [2.24, 2.45) is 4.99 Å². The number of aliphatic hydroxyl groups excluding tert-OH is 1. The van der Waals surface area contributed by atoms with Crippen molar-refractivity contribution >= 4 is 5.71 Å². The molecular weight excluding hydrogens is 274 g/mol. The number of hydrogen-bond acceptors (Lipinski definition) is 4. The number of aliphatic imine (C=N–C) groups is 1. The van der Waals surface area contributed by atoms with Crippen molar-refractivity contribution in [1.29, 1.82) is 0 Å². The fraction of sp³-hybridized carbons (Fsp3) is 0.556. The van der Waals surface area contributed by atoms with Crippen LogP contribution in [0.3, 0.4) is 0 Å². The van der Waals surface area contributed by atoms with Crippen molar-refractivity contribution in [3.63, 3.8) is 0 Å². The van der Waals surface area contributed by atoms with Gasteiger partial charge in [-0.3, -0.25) is 14.9 Å². The summed E-state index contributed by atoms with van der Waals surface area (Å²) in [5, 5.41) is 7.00. The fourth-order valence-electron chi connectivity index (χ4n) is 1.87. The Morgan fingerprint density at radius 3 is 2.45 bits per heavy atom. The van der Waals surface area contributed by atoms with Crippen LogP contribution in [0.1, 0.15) is 39.8 Å². The lowest BCUT2D eigenvalue weighted by Crippen LogP contribution is -2.30. The first kappa shape index (κ1) is 22.8. The predicted octanol–water partition coefficient (Wildman–Crippen LogP) is 3.58. The molecule has 0 bridgehead atoms. The van der Waals surface area contributed by atoms with E-state index in [0.717, 1.165) is 44.6 Å². The third kappa shape index (κ3) is 11.2. The standard InChI is InChI=1S/C15H23N3.C2H6.CH4O/c1-4-8-14(16-3)12-18(11-5-2)13-15-9-6-7-10-17-15;2*1-2/h4,6-10H,5,11-13H2,1-3H3;1-2H3;2H,1H3/b8-4-,16-14?;;. The number of aromatic nitrogens is 1. The average Bonchev–Trinajstić information content (AvgIpc) is 2.59. The molecule has 0 saturated carbocycles. The van der Waals surface area contributed by atoms with Crippen LogP contribution in [0.4, 0.5) is 0 Å². The Morgan fingerprint density at radius 2 is 2.00 bits per heavy atom. The number of nitrogens with zero attached hydrogens (tertiary/aromatic N) is 3. The highest BCUT2D eigenvalue weighted by Crippen LogP contribution is 2.03. The predicted molar refractivity (Wildman–Crippen MR) is 97.5 cm³/mol. The first-order chi connectivity index (χ1) is 10.8. The molecule has 0 unspecified atom stereocenters. The van der Waals surface area contributed by atoms with Crippen molar-refractivity contribution in [1.82, 2.24) is 9.88 Å². The molecule has 1 heterocycles. The van der Waals surface area contributed by atoms with E-state index in [1.54, 1.807) is 0 Å². The van der Waals surface area contributed by atoms with E-state index < -0.39 is 0 Å².